The van der Waals surface area contributed by atoms with Crippen LogP contribution in [0.1, 0.15) is 10.4 Å². The average Bonchev–Trinajstić information content (AvgIpc) is 2.42. The van der Waals surface area contributed by atoms with E-state index in [2.05, 4.69) is 20.9 Å². The van der Waals surface area contributed by atoms with Gasteiger partial charge in [-0.2, -0.15) is 0 Å². The highest BCUT2D eigenvalue weighted by Crippen LogP contribution is 2.32. The number of ether oxygens (including phenoxy) is 1. The molecule has 0 amide bonds. The number of aromatic nitrogens is 1. The van der Waals surface area contributed by atoms with Crippen molar-refractivity contribution in [3.8, 4) is 11.6 Å². The number of nitro groups is 1. The van der Waals surface area contributed by atoms with Gasteiger partial charge in [-0.15, -0.1) is 0 Å². The first-order valence-electron chi connectivity index (χ1n) is 5.39. The van der Waals surface area contributed by atoms with Crippen LogP contribution in [0.3, 0.4) is 0 Å². The summed E-state index contributed by atoms with van der Waals surface area (Å²) in [6, 6.07) is 5.80. The van der Waals surface area contributed by atoms with E-state index >= 15 is 0 Å². The fraction of sp³-hybridized carbons (Fsp3) is 0. The molecule has 7 nitrogen and oxygen atoms in total. The molecule has 108 valence electrons. The van der Waals surface area contributed by atoms with E-state index in [0.717, 1.165) is 12.3 Å². The van der Waals surface area contributed by atoms with Gasteiger partial charge < -0.3 is 9.84 Å². The second-order valence-electron chi connectivity index (χ2n) is 3.78. The van der Waals surface area contributed by atoms with E-state index in [1.54, 1.807) is 18.2 Å². The Morgan fingerprint density at radius 1 is 1.43 bits per heavy atom. The van der Waals surface area contributed by atoms with Crippen LogP contribution in [0.15, 0.2) is 34.9 Å². The highest BCUT2D eigenvalue weighted by Gasteiger charge is 2.22. The molecule has 0 spiro atoms. The van der Waals surface area contributed by atoms with E-state index in [4.69, 9.17) is 21.4 Å². The molecule has 0 saturated heterocycles. The van der Waals surface area contributed by atoms with Crippen molar-refractivity contribution in [3.05, 3.63) is 55.6 Å². The number of rotatable bonds is 4. The van der Waals surface area contributed by atoms with E-state index in [9.17, 15) is 14.9 Å². The molecule has 0 saturated carbocycles. The number of carboxylic acids is 1. The fourth-order valence-corrected chi connectivity index (χ4v) is 1.97. The van der Waals surface area contributed by atoms with Crippen LogP contribution < -0.4 is 4.74 Å². The number of pyridine rings is 1. The van der Waals surface area contributed by atoms with Crippen LogP contribution in [-0.4, -0.2) is 21.0 Å². The van der Waals surface area contributed by atoms with Crippen molar-refractivity contribution in [2.24, 2.45) is 0 Å². The minimum Gasteiger partial charge on any atom is -0.477 e. The van der Waals surface area contributed by atoms with Gasteiger partial charge in [-0.3, -0.25) is 10.1 Å². The Balaban J connectivity index is 2.41. The van der Waals surface area contributed by atoms with Crippen LogP contribution in [0.2, 0.25) is 5.02 Å². The Hall–Kier alpha value is -2.19. The van der Waals surface area contributed by atoms with Gasteiger partial charge in [0.15, 0.2) is 0 Å². The Labute approximate surface area is 131 Å². The van der Waals surface area contributed by atoms with Gasteiger partial charge in [-0.05, 0) is 18.2 Å². The van der Waals surface area contributed by atoms with Crippen LogP contribution in [0.4, 0.5) is 5.69 Å². The molecule has 1 N–H and O–H groups in total. The quantitative estimate of drug-likeness (QED) is 0.644. The zero-order valence-electron chi connectivity index (χ0n) is 10.1. The lowest BCUT2D eigenvalue weighted by atomic mass is 10.2. The Bertz CT molecular complexity index is 738. The van der Waals surface area contributed by atoms with E-state index in [0.29, 0.717) is 4.47 Å². The van der Waals surface area contributed by atoms with Crippen LogP contribution in [0, 0.1) is 10.1 Å². The van der Waals surface area contributed by atoms with Gasteiger partial charge in [0.1, 0.15) is 17.5 Å². The second-order valence-corrected chi connectivity index (χ2v) is 5.10. The number of benzene rings is 1. The summed E-state index contributed by atoms with van der Waals surface area (Å²) in [7, 11) is 0. The average molecular weight is 374 g/mol. The molecule has 0 unspecified atom stereocenters. The summed E-state index contributed by atoms with van der Waals surface area (Å²) in [6.45, 7) is 0. The first-order valence-corrected chi connectivity index (χ1v) is 6.56. The predicted molar refractivity (Wildman–Crippen MR) is 77.1 cm³/mol. The van der Waals surface area contributed by atoms with Gasteiger partial charge in [0.25, 0.3) is 0 Å². The molecular formula is C12H6BrClN2O5. The fourth-order valence-electron chi connectivity index (χ4n) is 1.47. The molecule has 0 bridgehead atoms. The number of carbonyl (C=O) groups is 1. The molecule has 1 heterocycles. The first kappa shape index (κ1) is 15.2. The maximum atomic E-state index is 11.0. The number of hydrogen-bond donors (Lipinski definition) is 1. The summed E-state index contributed by atoms with van der Waals surface area (Å²) in [5.41, 5.74) is -1.13. The zero-order valence-corrected chi connectivity index (χ0v) is 12.5. The molecule has 0 fully saturated rings. The SMILES string of the molecule is O=C(O)c1cc(Oc2cc(Br)ccc2Cl)ncc1[N+](=O)[O-]. The van der Waals surface area contributed by atoms with Gasteiger partial charge in [0, 0.05) is 10.5 Å². The first-order chi connectivity index (χ1) is 9.88. The topological polar surface area (TPSA) is 103 Å². The Morgan fingerprint density at radius 2 is 2.14 bits per heavy atom. The third kappa shape index (κ3) is 3.47. The summed E-state index contributed by atoms with van der Waals surface area (Å²) in [5.74, 6) is -1.32. The van der Waals surface area contributed by atoms with Crippen LogP contribution in [0.25, 0.3) is 0 Å². The van der Waals surface area contributed by atoms with E-state index in [1.807, 2.05) is 0 Å². The normalized spacial score (nSPS) is 10.2. The van der Waals surface area contributed by atoms with E-state index in [-0.39, 0.29) is 16.7 Å². The van der Waals surface area contributed by atoms with Crippen molar-refractivity contribution in [1.82, 2.24) is 4.98 Å². The molecule has 0 aliphatic rings. The third-order valence-corrected chi connectivity index (χ3v) is 3.20. The standard InChI is InChI=1S/C12H6BrClN2O5/c13-6-1-2-8(14)10(3-6)21-11-4-7(12(17)18)9(5-15-11)16(19)20/h1-5H,(H,17,18). The maximum absolute atomic E-state index is 11.0. The Kier molecular flexibility index (Phi) is 4.39. The number of aromatic carboxylic acids is 1. The van der Waals surface area contributed by atoms with E-state index < -0.39 is 22.1 Å². The minimum atomic E-state index is -1.45. The number of halogens is 2. The number of hydrogen-bond acceptors (Lipinski definition) is 5. The van der Waals surface area contributed by atoms with Crippen LogP contribution in [0.5, 0.6) is 11.6 Å². The Morgan fingerprint density at radius 3 is 2.76 bits per heavy atom. The van der Waals surface area contributed by atoms with E-state index in [1.165, 1.54) is 0 Å². The molecule has 0 aliphatic heterocycles. The molecule has 0 aliphatic carbocycles. The maximum Gasteiger partial charge on any atom is 0.342 e. The summed E-state index contributed by atoms with van der Waals surface area (Å²) in [4.78, 5) is 24.6. The van der Waals surface area contributed by atoms with Crippen molar-refractivity contribution in [2.45, 2.75) is 0 Å². The highest BCUT2D eigenvalue weighted by molar-refractivity contribution is 9.10. The van der Waals surface area contributed by atoms with Gasteiger partial charge in [0.2, 0.25) is 5.88 Å². The molecule has 9 heteroatoms. The van der Waals surface area contributed by atoms with Crippen molar-refractivity contribution in [1.29, 1.82) is 0 Å². The van der Waals surface area contributed by atoms with Gasteiger partial charge >= 0.3 is 11.7 Å². The highest BCUT2D eigenvalue weighted by atomic mass is 79.9. The largest absolute Gasteiger partial charge is 0.477 e. The van der Waals surface area contributed by atoms with Crippen LogP contribution in [-0.2, 0) is 0 Å². The lowest BCUT2D eigenvalue weighted by Crippen LogP contribution is -2.04. The van der Waals surface area contributed by atoms with Crippen molar-refractivity contribution >= 4 is 39.2 Å². The molecule has 2 aromatic rings. The third-order valence-electron chi connectivity index (χ3n) is 2.39. The zero-order chi connectivity index (χ0) is 15.6. The summed E-state index contributed by atoms with van der Waals surface area (Å²) >= 11 is 9.17. The van der Waals surface area contributed by atoms with Crippen molar-refractivity contribution in [2.75, 3.05) is 0 Å². The van der Waals surface area contributed by atoms with Crippen molar-refractivity contribution in [3.63, 3.8) is 0 Å². The van der Waals surface area contributed by atoms with Gasteiger partial charge in [0.05, 0.1) is 9.95 Å². The molecule has 0 radical (unpaired) electrons. The second kappa shape index (κ2) is 6.06. The van der Waals surface area contributed by atoms with Gasteiger partial charge in [-0.25, -0.2) is 9.78 Å². The summed E-state index contributed by atoms with van der Waals surface area (Å²) in [5, 5.41) is 20.0. The van der Waals surface area contributed by atoms with Crippen molar-refractivity contribution < 1.29 is 19.6 Å². The predicted octanol–water partition coefficient (Wildman–Crippen LogP) is 3.90. The summed E-state index contributed by atoms with van der Waals surface area (Å²) < 4.78 is 6.05. The molecule has 21 heavy (non-hydrogen) atoms. The summed E-state index contributed by atoms with van der Waals surface area (Å²) in [6.07, 6.45) is 0.824. The minimum absolute atomic E-state index is 0.113. The molecule has 1 aromatic carbocycles. The van der Waals surface area contributed by atoms with Gasteiger partial charge in [-0.1, -0.05) is 27.5 Å². The lowest BCUT2D eigenvalue weighted by molar-refractivity contribution is -0.385. The number of carboxylic acid groups (broad SMARTS) is 1. The lowest BCUT2D eigenvalue weighted by Gasteiger charge is -2.07. The monoisotopic (exact) mass is 372 g/mol. The van der Waals surface area contributed by atoms with Crippen LogP contribution >= 0.6 is 27.5 Å². The molecule has 2 rings (SSSR count). The molecule has 0 atom stereocenters. The molecular weight excluding hydrogens is 367 g/mol. The smallest absolute Gasteiger partial charge is 0.342 e. The molecule has 1 aromatic heterocycles. The number of nitrogens with zero attached hydrogens (tertiary/aromatic N) is 2.